The molecule has 0 aromatic heterocycles. The van der Waals surface area contributed by atoms with Gasteiger partial charge in [0.1, 0.15) is 0 Å². The Morgan fingerprint density at radius 3 is 3.00 bits per heavy atom. The Kier molecular flexibility index (Phi) is 4.23. The van der Waals surface area contributed by atoms with E-state index in [1.165, 1.54) is 0 Å². The lowest BCUT2D eigenvalue weighted by molar-refractivity contribution is 0.0816. The van der Waals surface area contributed by atoms with E-state index in [-0.39, 0.29) is 30.8 Å². The van der Waals surface area contributed by atoms with Gasteiger partial charge in [0, 0.05) is 13.2 Å². The summed E-state index contributed by atoms with van der Waals surface area (Å²) in [6.07, 6.45) is 4.12. The molecule has 2 N–H and O–H groups in total. The lowest BCUT2D eigenvalue weighted by Gasteiger charge is -2.27. The van der Waals surface area contributed by atoms with Crippen molar-refractivity contribution in [3.8, 4) is 0 Å². The predicted molar refractivity (Wildman–Crippen MR) is 63.8 cm³/mol. The molecule has 2 amide bonds. The van der Waals surface area contributed by atoms with E-state index in [0.717, 1.165) is 38.8 Å². The van der Waals surface area contributed by atoms with Gasteiger partial charge in [-0.05, 0) is 32.6 Å². The summed E-state index contributed by atoms with van der Waals surface area (Å²) in [5, 5.41) is 12.2. The van der Waals surface area contributed by atoms with Crippen molar-refractivity contribution in [1.82, 2.24) is 10.2 Å². The molecule has 3 atom stereocenters. The van der Waals surface area contributed by atoms with Crippen molar-refractivity contribution in [3.05, 3.63) is 0 Å². The van der Waals surface area contributed by atoms with Crippen molar-refractivity contribution in [2.45, 2.75) is 50.8 Å². The molecule has 2 aliphatic rings. The lowest BCUT2D eigenvalue weighted by Crippen LogP contribution is -2.50. The molecule has 98 valence electrons. The van der Waals surface area contributed by atoms with Crippen LogP contribution in [0.5, 0.6) is 0 Å². The van der Waals surface area contributed by atoms with Crippen molar-refractivity contribution < 1.29 is 14.6 Å². The summed E-state index contributed by atoms with van der Waals surface area (Å²) in [5.74, 6) is 0. The largest absolute Gasteiger partial charge is 0.394 e. The maximum absolute atomic E-state index is 12.0. The van der Waals surface area contributed by atoms with E-state index in [4.69, 9.17) is 4.74 Å². The molecule has 0 radical (unpaired) electrons. The van der Waals surface area contributed by atoms with Crippen molar-refractivity contribution in [3.63, 3.8) is 0 Å². The summed E-state index contributed by atoms with van der Waals surface area (Å²) < 4.78 is 5.55. The molecular weight excluding hydrogens is 220 g/mol. The Hall–Kier alpha value is -0.810. The van der Waals surface area contributed by atoms with Crippen LogP contribution in [0.2, 0.25) is 0 Å². The fraction of sp³-hybridized carbons (Fsp3) is 0.917. The molecule has 0 saturated carbocycles. The van der Waals surface area contributed by atoms with Crippen LogP contribution in [0.25, 0.3) is 0 Å². The minimum absolute atomic E-state index is 0.00769. The average molecular weight is 242 g/mol. The van der Waals surface area contributed by atoms with E-state index in [9.17, 15) is 9.90 Å². The van der Waals surface area contributed by atoms with Crippen LogP contribution in [0.4, 0.5) is 4.79 Å². The van der Waals surface area contributed by atoms with Crippen LogP contribution in [0, 0.1) is 0 Å². The first-order valence-electron chi connectivity index (χ1n) is 6.52. The third-order valence-corrected chi connectivity index (χ3v) is 3.72. The first-order valence-corrected chi connectivity index (χ1v) is 6.52. The molecule has 2 saturated heterocycles. The van der Waals surface area contributed by atoms with Gasteiger partial charge >= 0.3 is 6.03 Å². The molecule has 5 heteroatoms. The predicted octanol–water partition coefficient (Wildman–Crippen LogP) is 0.720. The van der Waals surface area contributed by atoms with E-state index in [2.05, 4.69) is 5.32 Å². The van der Waals surface area contributed by atoms with Gasteiger partial charge in [-0.15, -0.1) is 0 Å². The van der Waals surface area contributed by atoms with Gasteiger partial charge < -0.3 is 20.1 Å². The maximum atomic E-state index is 12.0. The van der Waals surface area contributed by atoms with Gasteiger partial charge in [-0.25, -0.2) is 4.79 Å². The molecule has 0 aliphatic carbocycles. The van der Waals surface area contributed by atoms with E-state index in [1.54, 1.807) is 4.90 Å². The molecule has 2 rings (SSSR count). The van der Waals surface area contributed by atoms with Crippen molar-refractivity contribution in [2.24, 2.45) is 0 Å². The van der Waals surface area contributed by atoms with Crippen LogP contribution in [0.3, 0.4) is 0 Å². The fourth-order valence-electron chi connectivity index (χ4n) is 2.66. The van der Waals surface area contributed by atoms with Crippen LogP contribution in [0.15, 0.2) is 0 Å². The Bertz CT molecular complexity index is 266. The number of rotatable bonds is 3. The van der Waals surface area contributed by atoms with Gasteiger partial charge in [-0.3, -0.25) is 0 Å². The summed E-state index contributed by atoms with van der Waals surface area (Å²) in [4.78, 5) is 13.8. The Labute approximate surface area is 102 Å². The highest BCUT2D eigenvalue weighted by Crippen LogP contribution is 2.18. The molecular formula is C12H22N2O3. The van der Waals surface area contributed by atoms with E-state index >= 15 is 0 Å². The first kappa shape index (κ1) is 12.6. The highest BCUT2D eigenvalue weighted by atomic mass is 16.5. The molecule has 0 bridgehead atoms. The van der Waals surface area contributed by atoms with Crippen LogP contribution >= 0.6 is 0 Å². The van der Waals surface area contributed by atoms with Crippen molar-refractivity contribution in [1.29, 1.82) is 0 Å². The van der Waals surface area contributed by atoms with Gasteiger partial charge in [0.2, 0.25) is 0 Å². The van der Waals surface area contributed by atoms with Crippen LogP contribution in [-0.4, -0.2) is 54.0 Å². The maximum Gasteiger partial charge on any atom is 0.318 e. The topological polar surface area (TPSA) is 61.8 Å². The van der Waals surface area contributed by atoms with Gasteiger partial charge in [0.25, 0.3) is 0 Å². The molecule has 2 heterocycles. The summed E-state index contributed by atoms with van der Waals surface area (Å²) >= 11 is 0. The number of carbonyl (C=O) groups excluding carboxylic acids is 1. The first-order chi connectivity index (χ1) is 8.22. The molecule has 17 heavy (non-hydrogen) atoms. The SMILES string of the molecule is CC(NC(=O)N1CCC[C@H]1CO)C1CCCO1. The Balaban J connectivity index is 1.83. The summed E-state index contributed by atoms with van der Waals surface area (Å²) in [5.41, 5.74) is 0. The molecule has 2 unspecified atom stereocenters. The second-order valence-corrected chi connectivity index (χ2v) is 4.96. The number of carbonyl (C=O) groups is 1. The zero-order chi connectivity index (χ0) is 12.3. The van der Waals surface area contributed by atoms with Gasteiger partial charge in [-0.2, -0.15) is 0 Å². The van der Waals surface area contributed by atoms with Crippen LogP contribution < -0.4 is 5.32 Å². The number of amides is 2. The number of likely N-dealkylation sites (tertiary alicyclic amines) is 1. The van der Waals surface area contributed by atoms with Crippen molar-refractivity contribution >= 4 is 6.03 Å². The monoisotopic (exact) mass is 242 g/mol. The van der Waals surface area contributed by atoms with Crippen LogP contribution in [0.1, 0.15) is 32.6 Å². The number of nitrogens with zero attached hydrogens (tertiary/aromatic N) is 1. The van der Waals surface area contributed by atoms with E-state index < -0.39 is 0 Å². The molecule has 2 aliphatic heterocycles. The lowest BCUT2D eigenvalue weighted by atomic mass is 10.1. The summed E-state index contributed by atoms with van der Waals surface area (Å²) in [7, 11) is 0. The molecule has 0 aromatic rings. The number of hydrogen-bond donors (Lipinski definition) is 2. The van der Waals surface area contributed by atoms with Crippen LogP contribution in [-0.2, 0) is 4.74 Å². The minimum Gasteiger partial charge on any atom is -0.394 e. The minimum atomic E-state index is -0.0652. The number of urea groups is 1. The summed E-state index contributed by atoms with van der Waals surface area (Å²) in [6.45, 7) is 3.59. The van der Waals surface area contributed by atoms with Crippen molar-refractivity contribution in [2.75, 3.05) is 19.8 Å². The number of aliphatic hydroxyl groups excluding tert-OH is 1. The smallest absolute Gasteiger partial charge is 0.318 e. The second-order valence-electron chi connectivity index (χ2n) is 4.96. The van der Waals surface area contributed by atoms with Gasteiger partial charge in [0.15, 0.2) is 0 Å². The molecule has 0 aromatic carbocycles. The van der Waals surface area contributed by atoms with E-state index in [1.807, 2.05) is 6.92 Å². The highest BCUT2D eigenvalue weighted by Gasteiger charge is 2.30. The molecule has 5 nitrogen and oxygen atoms in total. The normalized spacial score (nSPS) is 30.6. The number of nitrogens with one attached hydrogen (secondary N) is 1. The zero-order valence-corrected chi connectivity index (χ0v) is 10.4. The number of hydrogen-bond acceptors (Lipinski definition) is 3. The quantitative estimate of drug-likeness (QED) is 0.766. The third kappa shape index (κ3) is 2.90. The third-order valence-electron chi connectivity index (χ3n) is 3.72. The van der Waals surface area contributed by atoms with E-state index in [0.29, 0.717) is 0 Å². The number of ether oxygens (including phenoxy) is 1. The second kappa shape index (κ2) is 5.69. The zero-order valence-electron chi connectivity index (χ0n) is 10.4. The molecule has 0 spiro atoms. The highest BCUT2D eigenvalue weighted by molar-refractivity contribution is 5.75. The Morgan fingerprint density at radius 1 is 1.53 bits per heavy atom. The standard InChI is InChI=1S/C12H22N2O3/c1-9(11-5-3-7-17-11)13-12(16)14-6-2-4-10(14)8-15/h9-11,15H,2-8H2,1H3,(H,13,16)/t9?,10-,11?/m0/s1. The van der Waals surface area contributed by atoms with Gasteiger partial charge in [-0.1, -0.05) is 0 Å². The Morgan fingerprint density at radius 2 is 2.35 bits per heavy atom. The number of aliphatic hydroxyl groups is 1. The molecule has 2 fully saturated rings. The van der Waals surface area contributed by atoms with Gasteiger partial charge in [0.05, 0.1) is 24.8 Å². The summed E-state index contributed by atoms with van der Waals surface area (Å²) in [6, 6.07) is -0.0267. The fourth-order valence-corrected chi connectivity index (χ4v) is 2.66. The average Bonchev–Trinajstić information content (AvgIpc) is 2.99.